The molecule has 23 heavy (non-hydrogen) atoms. The average Bonchev–Trinajstić information content (AvgIpc) is 2.20. The van der Waals surface area contributed by atoms with Gasteiger partial charge in [0.05, 0.1) is 0 Å². The number of carbonyl (C=O) groups is 2. The lowest BCUT2D eigenvalue weighted by molar-refractivity contribution is -0.135. The maximum Gasteiger partial charge on any atom is 0.331 e. The van der Waals surface area contributed by atoms with Gasteiger partial charge in [-0.15, -0.1) is 0 Å². The third-order valence-electron chi connectivity index (χ3n) is 2.87. The zero-order chi connectivity index (χ0) is 18.5. The van der Waals surface area contributed by atoms with E-state index in [9.17, 15) is 9.59 Å². The zero-order valence-electron chi connectivity index (χ0n) is 15.2. The molecule has 0 aromatic carbocycles. The van der Waals surface area contributed by atoms with Crippen LogP contribution in [-0.4, -0.2) is 47.3 Å². The van der Waals surface area contributed by atoms with Gasteiger partial charge in [0.1, 0.15) is 0 Å². The smallest absolute Gasteiger partial charge is 0.331 e. The van der Waals surface area contributed by atoms with Gasteiger partial charge in [0.25, 0.3) is 0 Å². The lowest BCUT2D eigenvalue weighted by Gasteiger charge is -2.37. The molecule has 0 bridgehead atoms. The Morgan fingerprint density at radius 3 is 1.87 bits per heavy atom. The number of aliphatic carboxylic acids is 2. The topological polar surface area (TPSA) is 93.1 Å². The first-order chi connectivity index (χ1) is 10.1. The first-order valence-corrected chi connectivity index (χ1v) is 17.0. The van der Waals surface area contributed by atoms with Crippen LogP contribution in [0.25, 0.3) is 0 Å². The molecule has 9 heteroatoms. The van der Waals surface area contributed by atoms with Crippen molar-refractivity contribution in [1.82, 2.24) is 0 Å². The van der Waals surface area contributed by atoms with Crippen LogP contribution < -0.4 is 0 Å². The predicted molar refractivity (Wildman–Crippen MR) is 97.9 cm³/mol. The minimum Gasteiger partial charge on any atom is -0.478 e. The summed E-state index contributed by atoms with van der Waals surface area (Å²) in [5.74, 6) is -2.41. The van der Waals surface area contributed by atoms with E-state index in [-0.39, 0.29) is 12.0 Å². The number of hydrogen-bond donors (Lipinski definition) is 2. The van der Waals surface area contributed by atoms with Crippen molar-refractivity contribution in [3.8, 4) is 0 Å². The van der Waals surface area contributed by atoms with E-state index >= 15 is 0 Å². The SMILES string of the molecule is C[Si](C)(C)O[Si](C)(C)O[Si](C)(C)CCCC(=CC(=O)O)C(=O)O. The monoisotopic (exact) mass is 378 g/mol. The molecule has 0 rings (SSSR count). The molecule has 0 heterocycles. The quantitative estimate of drug-likeness (QED) is 0.445. The van der Waals surface area contributed by atoms with Gasteiger partial charge in [-0.25, -0.2) is 9.59 Å². The Bertz CT molecular complexity index is 466. The Labute approximate surface area is 142 Å². The Balaban J connectivity index is 4.64. The molecule has 0 unspecified atom stereocenters. The lowest BCUT2D eigenvalue weighted by Crippen LogP contribution is -2.51. The van der Waals surface area contributed by atoms with E-state index < -0.39 is 37.1 Å². The number of carboxylic acid groups (broad SMARTS) is 2. The van der Waals surface area contributed by atoms with Crippen LogP contribution in [0.15, 0.2) is 11.6 Å². The minimum atomic E-state index is -2.20. The lowest BCUT2D eigenvalue weighted by atomic mass is 10.1. The molecule has 0 radical (unpaired) electrons. The van der Waals surface area contributed by atoms with Crippen LogP contribution in [0.4, 0.5) is 0 Å². The molecule has 0 amide bonds. The summed E-state index contributed by atoms with van der Waals surface area (Å²) in [6.45, 7) is 14.7. The van der Waals surface area contributed by atoms with Crippen LogP contribution in [-0.2, 0) is 17.8 Å². The van der Waals surface area contributed by atoms with Crippen molar-refractivity contribution in [1.29, 1.82) is 0 Å². The second kappa shape index (κ2) is 8.38. The number of carboxylic acids is 2. The normalized spacial score (nSPS) is 14.0. The molecule has 2 N–H and O–H groups in total. The second-order valence-corrected chi connectivity index (χ2v) is 20.3. The van der Waals surface area contributed by atoms with Crippen molar-refractivity contribution in [2.24, 2.45) is 0 Å². The summed E-state index contributed by atoms with van der Waals surface area (Å²) in [5.41, 5.74) is -0.0721. The minimum absolute atomic E-state index is 0.0721. The third kappa shape index (κ3) is 11.4. The predicted octanol–water partition coefficient (Wildman–Crippen LogP) is 3.64. The first kappa shape index (κ1) is 22.3. The van der Waals surface area contributed by atoms with Crippen LogP contribution in [0.2, 0.25) is 51.9 Å². The van der Waals surface area contributed by atoms with Crippen LogP contribution in [0.1, 0.15) is 12.8 Å². The molecule has 0 saturated carbocycles. The summed E-state index contributed by atoms with van der Waals surface area (Å²) in [4.78, 5) is 21.6. The molecule has 0 fully saturated rings. The van der Waals surface area contributed by atoms with Crippen molar-refractivity contribution in [3.63, 3.8) is 0 Å². The number of hydrogen-bond acceptors (Lipinski definition) is 4. The van der Waals surface area contributed by atoms with E-state index in [1.165, 1.54) is 0 Å². The Morgan fingerprint density at radius 2 is 1.48 bits per heavy atom. The molecule has 0 aliphatic heterocycles. The van der Waals surface area contributed by atoms with Crippen LogP contribution in [0.5, 0.6) is 0 Å². The highest BCUT2D eigenvalue weighted by Gasteiger charge is 2.37. The summed E-state index contributed by atoms with van der Waals surface area (Å²) in [6, 6.07) is 0.767. The Hall–Kier alpha value is -0.749. The standard InChI is InChI=1S/C14H30O6Si3/c1-21(2,3)19-23(6,7)20-22(4,5)10-8-9-12(14(17)18)11-13(15)16/h11H,8-10H2,1-7H3,(H,15,16)(H,17,18). The summed E-state index contributed by atoms with van der Waals surface area (Å²) in [7, 11) is -5.86. The zero-order valence-corrected chi connectivity index (χ0v) is 18.2. The van der Waals surface area contributed by atoms with Gasteiger partial charge in [-0.1, -0.05) is 0 Å². The van der Waals surface area contributed by atoms with Gasteiger partial charge in [-0.05, 0) is 64.7 Å². The molecule has 0 aromatic heterocycles. The van der Waals surface area contributed by atoms with Crippen LogP contribution >= 0.6 is 0 Å². The van der Waals surface area contributed by atoms with Gasteiger partial charge in [0.2, 0.25) is 0 Å². The van der Waals surface area contributed by atoms with Gasteiger partial charge in [-0.3, -0.25) is 0 Å². The maximum absolute atomic E-state index is 11.0. The highest BCUT2D eigenvalue weighted by atomic mass is 28.5. The second-order valence-electron chi connectivity index (χ2n) is 7.64. The fourth-order valence-corrected chi connectivity index (χ4v) is 15.8. The molecule has 0 aromatic rings. The van der Waals surface area contributed by atoms with Crippen LogP contribution in [0.3, 0.4) is 0 Å². The summed E-state index contributed by atoms with van der Waals surface area (Å²) < 4.78 is 12.5. The van der Waals surface area contributed by atoms with Crippen molar-refractivity contribution < 1.29 is 28.0 Å². The van der Waals surface area contributed by atoms with Gasteiger partial charge in [0, 0.05) is 11.6 Å². The van der Waals surface area contributed by atoms with E-state index in [1.54, 1.807) is 0 Å². The van der Waals surface area contributed by atoms with Crippen molar-refractivity contribution in [3.05, 3.63) is 11.6 Å². The molecular formula is C14H30O6Si3. The van der Waals surface area contributed by atoms with Gasteiger partial charge in [0.15, 0.2) is 16.6 Å². The van der Waals surface area contributed by atoms with E-state index in [4.69, 9.17) is 18.4 Å². The molecule has 0 saturated heterocycles. The van der Waals surface area contributed by atoms with Crippen LogP contribution in [0, 0.1) is 0 Å². The molecule has 0 aliphatic carbocycles. The van der Waals surface area contributed by atoms with E-state index in [0.29, 0.717) is 6.42 Å². The first-order valence-electron chi connectivity index (χ1n) is 7.71. The van der Waals surface area contributed by atoms with E-state index in [1.807, 2.05) is 13.1 Å². The average molecular weight is 379 g/mol. The molecular weight excluding hydrogens is 348 g/mol. The summed E-state index contributed by atoms with van der Waals surface area (Å²) in [5, 5.41) is 17.7. The molecule has 0 atom stereocenters. The highest BCUT2D eigenvalue weighted by molar-refractivity contribution is 6.87. The largest absolute Gasteiger partial charge is 0.478 e. The molecule has 6 nitrogen and oxygen atoms in total. The van der Waals surface area contributed by atoms with Crippen molar-refractivity contribution >= 4 is 37.1 Å². The number of rotatable bonds is 10. The maximum atomic E-state index is 11.0. The Morgan fingerprint density at radius 1 is 0.957 bits per heavy atom. The fraction of sp³-hybridized carbons (Fsp3) is 0.714. The van der Waals surface area contributed by atoms with Gasteiger partial charge >= 0.3 is 20.5 Å². The summed E-state index contributed by atoms with van der Waals surface area (Å²) >= 11 is 0. The van der Waals surface area contributed by atoms with Gasteiger partial charge in [-0.2, -0.15) is 0 Å². The summed E-state index contributed by atoms with van der Waals surface area (Å²) in [6.07, 6.45) is 1.60. The molecule has 0 spiro atoms. The highest BCUT2D eigenvalue weighted by Crippen LogP contribution is 2.25. The van der Waals surface area contributed by atoms with Gasteiger partial charge < -0.3 is 18.4 Å². The van der Waals surface area contributed by atoms with Crippen molar-refractivity contribution in [2.45, 2.75) is 64.7 Å². The van der Waals surface area contributed by atoms with E-state index in [2.05, 4.69) is 32.7 Å². The Kier molecular flexibility index (Phi) is 8.11. The van der Waals surface area contributed by atoms with E-state index in [0.717, 1.165) is 12.1 Å². The third-order valence-corrected chi connectivity index (χ3v) is 13.0. The molecule has 0 aliphatic rings. The van der Waals surface area contributed by atoms with Crippen molar-refractivity contribution in [2.75, 3.05) is 0 Å². The fourth-order valence-electron chi connectivity index (χ4n) is 2.57. The molecule has 134 valence electrons.